The van der Waals surface area contributed by atoms with Gasteiger partial charge < -0.3 is 9.84 Å². The average Bonchev–Trinajstić information content (AvgIpc) is 2.30. The summed E-state index contributed by atoms with van der Waals surface area (Å²) >= 11 is 0. The van der Waals surface area contributed by atoms with Gasteiger partial charge in [0.05, 0.1) is 0 Å². The van der Waals surface area contributed by atoms with Crippen LogP contribution in [-0.2, 0) is 9.53 Å². The van der Waals surface area contributed by atoms with Gasteiger partial charge in [-0.2, -0.15) is 0 Å². The predicted molar refractivity (Wildman–Crippen MR) is 65.3 cm³/mol. The fraction of sp³-hybridized carbons (Fsp3) is 0.214. The van der Waals surface area contributed by atoms with Gasteiger partial charge in [-0.15, -0.1) is 0 Å². The highest BCUT2D eigenvalue weighted by Gasteiger charge is 1.84. The molecule has 0 spiro atoms. The molecule has 86 valence electrons. The molecule has 0 amide bonds. The van der Waals surface area contributed by atoms with Crippen molar-refractivity contribution in [2.24, 2.45) is 0 Å². The van der Waals surface area contributed by atoms with E-state index < -0.39 is 0 Å². The highest BCUT2D eigenvalue weighted by atomic mass is 16.5. The van der Waals surface area contributed by atoms with Gasteiger partial charge in [0.1, 0.15) is 13.2 Å². The van der Waals surface area contributed by atoms with E-state index in [-0.39, 0.29) is 19.2 Å². The highest BCUT2D eigenvalue weighted by molar-refractivity contribution is 5.66. The van der Waals surface area contributed by atoms with E-state index in [1.54, 1.807) is 24.3 Å². The lowest BCUT2D eigenvalue weighted by molar-refractivity contribution is -0.139. The topological polar surface area (TPSA) is 46.5 Å². The summed E-state index contributed by atoms with van der Waals surface area (Å²) < 4.78 is 4.67. The second kappa shape index (κ2) is 11.7. The van der Waals surface area contributed by atoms with Crippen molar-refractivity contribution >= 4 is 5.97 Å². The van der Waals surface area contributed by atoms with Crippen LogP contribution in [0.25, 0.3) is 0 Å². The minimum atomic E-state index is -0.308. The summed E-state index contributed by atoms with van der Waals surface area (Å²) in [5, 5.41) is 8.32. The molecular formula is C14H12O3. The fourth-order valence-corrected chi connectivity index (χ4v) is 0.627. The number of aliphatic hydroxyl groups excluding tert-OH is 1. The van der Waals surface area contributed by atoms with E-state index in [1.807, 2.05) is 0 Å². The van der Waals surface area contributed by atoms with Gasteiger partial charge >= 0.3 is 5.97 Å². The Kier molecular flexibility index (Phi) is 10.0. The molecule has 3 nitrogen and oxygen atoms in total. The molecule has 17 heavy (non-hydrogen) atoms. The zero-order chi connectivity index (χ0) is 12.8. The molecule has 0 bridgehead atoms. The number of hydrogen-bond acceptors (Lipinski definition) is 3. The molecule has 0 fully saturated rings. The molecule has 0 aliphatic rings. The Balaban J connectivity index is 3.83. The number of rotatable bonds is 3. The third-order valence-corrected chi connectivity index (χ3v) is 1.24. The maximum Gasteiger partial charge on any atom is 0.302 e. The highest BCUT2D eigenvalue weighted by Crippen LogP contribution is 1.80. The van der Waals surface area contributed by atoms with Crippen LogP contribution in [0.2, 0.25) is 0 Å². The van der Waals surface area contributed by atoms with Gasteiger partial charge in [0.2, 0.25) is 0 Å². The Bertz CT molecular complexity index is 465. The van der Waals surface area contributed by atoms with Crippen molar-refractivity contribution in [3.63, 3.8) is 0 Å². The van der Waals surface area contributed by atoms with Gasteiger partial charge in [0.25, 0.3) is 0 Å². The van der Waals surface area contributed by atoms with Crippen LogP contribution in [0.1, 0.15) is 6.92 Å². The van der Waals surface area contributed by atoms with Crippen LogP contribution in [0.4, 0.5) is 0 Å². The van der Waals surface area contributed by atoms with Gasteiger partial charge in [-0.25, -0.2) is 0 Å². The summed E-state index contributed by atoms with van der Waals surface area (Å²) in [6, 6.07) is 0. The van der Waals surface area contributed by atoms with Gasteiger partial charge in [-0.1, -0.05) is 24.0 Å². The Morgan fingerprint density at radius 1 is 1.24 bits per heavy atom. The molecule has 0 aliphatic heterocycles. The molecule has 0 heterocycles. The molecule has 0 saturated heterocycles. The van der Waals surface area contributed by atoms with Gasteiger partial charge in [0.15, 0.2) is 0 Å². The van der Waals surface area contributed by atoms with E-state index in [0.29, 0.717) is 0 Å². The molecule has 0 rings (SSSR count). The van der Waals surface area contributed by atoms with E-state index in [9.17, 15) is 4.79 Å². The van der Waals surface area contributed by atoms with Gasteiger partial charge in [-0.3, -0.25) is 4.79 Å². The molecule has 0 aromatic carbocycles. The summed E-state index contributed by atoms with van der Waals surface area (Å²) in [6.45, 7) is 1.41. The number of hydrogen-bond donors (Lipinski definition) is 1. The smallest absolute Gasteiger partial charge is 0.302 e. The van der Waals surface area contributed by atoms with Crippen LogP contribution in [0, 0.1) is 35.5 Å². The first-order valence-corrected chi connectivity index (χ1v) is 4.81. The minimum Gasteiger partial charge on any atom is -0.462 e. The van der Waals surface area contributed by atoms with E-state index in [4.69, 9.17) is 5.11 Å². The van der Waals surface area contributed by atoms with E-state index in [0.717, 1.165) is 0 Å². The maximum absolute atomic E-state index is 10.4. The van der Waals surface area contributed by atoms with Crippen LogP contribution >= 0.6 is 0 Å². The van der Waals surface area contributed by atoms with Gasteiger partial charge in [-0.05, 0) is 35.8 Å². The normalized spacial score (nSPS) is 8.59. The second-order valence-electron chi connectivity index (χ2n) is 2.57. The van der Waals surface area contributed by atoms with Gasteiger partial charge in [0, 0.05) is 6.92 Å². The summed E-state index contributed by atoms with van der Waals surface area (Å²) in [7, 11) is 0. The van der Waals surface area contributed by atoms with E-state index in [2.05, 4.69) is 40.3 Å². The number of carbonyl (C=O) groups is 1. The number of allylic oxidation sites excluding steroid dienone is 3. The fourth-order valence-electron chi connectivity index (χ4n) is 0.627. The lowest BCUT2D eigenvalue weighted by Crippen LogP contribution is -1.96. The minimum absolute atomic E-state index is 0.199. The van der Waals surface area contributed by atoms with Crippen molar-refractivity contribution < 1.29 is 14.6 Å². The summed E-state index contributed by atoms with van der Waals surface area (Å²) in [6.07, 6.45) is 6.73. The summed E-state index contributed by atoms with van der Waals surface area (Å²) in [5.41, 5.74) is 0. The standard InChI is InChI=1S/C14H12O3/c1-14(16)17-13-11-9-7-5-3-2-4-6-8-10-12-15/h5,7,9,11,15H,12-13H2,1H3/b7-5+,11-9+. The van der Waals surface area contributed by atoms with Crippen molar-refractivity contribution in [1.29, 1.82) is 0 Å². The largest absolute Gasteiger partial charge is 0.462 e. The maximum atomic E-state index is 10.4. The van der Waals surface area contributed by atoms with E-state index >= 15 is 0 Å². The monoisotopic (exact) mass is 228 g/mol. The van der Waals surface area contributed by atoms with Crippen molar-refractivity contribution in [1.82, 2.24) is 0 Å². The zero-order valence-corrected chi connectivity index (χ0v) is 9.49. The molecule has 0 aliphatic carbocycles. The molecule has 0 saturated carbocycles. The van der Waals surface area contributed by atoms with Crippen molar-refractivity contribution in [2.75, 3.05) is 13.2 Å². The van der Waals surface area contributed by atoms with Crippen molar-refractivity contribution in [3.05, 3.63) is 24.3 Å². The van der Waals surface area contributed by atoms with Crippen LogP contribution in [0.15, 0.2) is 24.3 Å². The first-order chi connectivity index (χ1) is 8.27. The van der Waals surface area contributed by atoms with E-state index in [1.165, 1.54) is 6.92 Å². The van der Waals surface area contributed by atoms with Crippen molar-refractivity contribution in [2.45, 2.75) is 6.92 Å². The summed E-state index contributed by atoms with van der Waals surface area (Å²) in [4.78, 5) is 10.4. The second-order valence-corrected chi connectivity index (χ2v) is 2.57. The van der Waals surface area contributed by atoms with Crippen LogP contribution in [-0.4, -0.2) is 24.3 Å². The predicted octanol–water partition coefficient (Wildman–Crippen LogP) is 0.664. The Hall–Kier alpha value is -2.41. The van der Waals surface area contributed by atoms with Crippen LogP contribution in [0.5, 0.6) is 0 Å². The first kappa shape index (κ1) is 14.6. The Morgan fingerprint density at radius 3 is 2.71 bits per heavy atom. The molecule has 0 atom stereocenters. The average molecular weight is 228 g/mol. The van der Waals surface area contributed by atoms with Crippen LogP contribution < -0.4 is 0 Å². The molecule has 1 N–H and O–H groups in total. The Morgan fingerprint density at radius 2 is 2.00 bits per heavy atom. The number of ether oxygens (including phenoxy) is 1. The third kappa shape index (κ3) is 13.6. The first-order valence-electron chi connectivity index (χ1n) is 4.81. The quantitative estimate of drug-likeness (QED) is 0.438. The molecule has 0 radical (unpaired) electrons. The molecule has 0 aromatic rings. The zero-order valence-electron chi connectivity index (χ0n) is 9.49. The molecular weight excluding hydrogens is 216 g/mol. The SMILES string of the molecule is CC(=O)OC/C=C/C=C/C#CC#CC#CCO. The number of aliphatic hydroxyl groups is 1. The molecule has 3 heteroatoms. The molecule has 0 unspecified atom stereocenters. The lowest BCUT2D eigenvalue weighted by Gasteiger charge is -1.92. The summed E-state index contributed by atoms with van der Waals surface area (Å²) in [5.74, 6) is 14.7. The van der Waals surface area contributed by atoms with Crippen molar-refractivity contribution in [3.8, 4) is 35.5 Å². The molecule has 0 aromatic heterocycles. The number of esters is 1. The lowest BCUT2D eigenvalue weighted by atomic mass is 10.4. The Labute approximate surface area is 101 Å². The van der Waals surface area contributed by atoms with Crippen LogP contribution in [0.3, 0.4) is 0 Å². The third-order valence-electron chi connectivity index (χ3n) is 1.24. The number of carbonyl (C=O) groups excluding carboxylic acids is 1.